The van der Waals surface area contributed by atoms with Gasteiger partial charge in [-0.3, -0.25) is 4.98 Å². The standard InChI is InChI=1S/C15H17FN2O2/c1-17-14(15-13(20-3)5-4-8-18-15)11-7-6-10(19-2)9-12(11)16/h4-9,14,17H,1-3H3. The molecule has 2 aromatic rings. The maximum atomic E-state index is 14.2. The van der Waals surface area contributed by atoms with Crippen LogP contribution in [0.4, 0.5) is 4.39 Å². The number of methoxy groups -OCH3 is 2. The summed E-state index contributed by atoms with van der Waals surface area (Å²) in [4.78, 5) is 4.30. The predicted octanol–water partition coefficient (Wildman–Crippen LogP) is 2.55. The number of hydrogen-bond acceptors (Lipinski definition) is 4. The zero-order valence-electron chi connectivity index (χ0n) is 11.7. The second-order valence-electron chi connectivity index (χ2n) is 4.20. The van der Waals surface area contributed by atoms with Gasteiger partial charge in [0.1, 0.15) is 23.0 Å². The molecule has 0 aliphatic rings. The molecule has 4 nitrogen and oxygen atoms in total. The molecule has 0 aliphatic heterocycles. The van der Waals surface area contributed by atoms with Crippen LogP contribution in [0.1, 0.15) is 17.3 Å². The zero-order valence-corrected chi connectivity index (χ0v) is 11.7. The van der Waals surface area contributed by atoms with E-state index >= 15 is 0 Å². The summed E-state index contributed by atoms with van der Waals surface area (Å²) in [6, 6.07) is 7.95. The van der Waals surface area contributed by atoms with Crippen LogP contribution in [0.5, 0.6) is 11.5 Å². The Labute approximate surface area is 117 Å². The van der Waals surface area contributed by atoms with Gasteiger partial charge in [-0.2, -0.15) is 0 Å². The molecule has 5 heteroatoms. The van der Waals surface area contributed by atoms with Crippen molar-refractivity contribution >= 4 is 0 Å². The van der Waals surface area contributed by atoms with Crippen molar-refractivity contribution in [2.24, 2.45) is 0 Å². The molecule has 0 bridgehead atoms. The van der Waals surface area contributed by atoms with Gasteiger partial charge in [0, 0.05) is 17.8 Å². The number of rotatable bonds is 5. The minimum absolute atomic E-state index is 0.351. The average Bonchev–Trinajstić information content (AvgIpc) is 2.50. The first kappa shape index (κ1) is 14.3. The SMILES string of the molecule is CNC(c1ccc(OC)cc1F)c1ncccc1OC. The Morgan fingerprint density at radius 1 is 1.20 bits per heavy atom. The van der Waals surface area contributed by atoms with Crippen LogP contribution in [0.3, 0.4) is 0 Å². The maximum absolute atomic E-state index is 14.2. The minimum Gasteiger partial charge on any atom is -0.497 e. The molecule has 1 heterocycles. The van der Waals surface area contributed by atoms with Gasteiger partial charge in [0.2, 0.25) is 0 Å². The van der Waals surface area contributed by atoms with E-state index in [1.165, 1.54) is 13.2 Å². The fraction of sp³-hybridized carbons (Fsp3) is 0.267. The Bertz CT molecular complexity index is 590. The van der Waals surface area contributed by atoms with Crippen molar-refractivity contribution < 1.29 is 13.9 Å². The fourth-order valence-corrected chi connectivity index (χ4v) is 2.10. The Morgan fingerprint density at radius 3 is 2.60 bits per heavy atom. The first-order valence-electron chi connectivity index (χ1n) is 6.20. The number of nitrogens with zero attached hydrogens (tertiary/aromatic N) is 1. The summed E-state index contributed by atoms with van der Waals surface area (Å²) >= 11 is 0. The van der Waals surface area contributed by atoms with Crippen molar-refractivity contribution in [1.82, 2.24) is 10.3 Å². The van der Waals surface area contributed by atoms with Crippen LogP contribution in [-0.4, -0.2) is 26.3 Å². The summed E-state index contributed by atoms with van der Waals surface area (Å²) in [6.45, 7) is 0. The lowest BCUT2D eigenvalue weighted by Gasteiger charge is -2.19. The minimum atomic E-state index is -0.392. The number of hydrogen-bond donors (Lipinski definition) is 1. The molecule has 20 heavy (non-hydrogen) atoms. The highest BCUT2D eigenvalue weighted by molar-refractivity contribution is 5.39. The smallest absolute Gasteiger partial charge is 0.142 e. The number of ether oxygens (including phenoxy) is 2. The lowest BCUT2D eigenvalue weighted by Crippen LogP contribution is -2.21. The third-order valence-electron chi connectivity index (χ3n) is 3.10. The highest BCUT2D eigenvalue weighted by Crippen LogP contribution is 2.30. The number of nitrogens with one attached hydrogen (secondary N) is 1. The Balaban J connectivity index is 2.47. The number of benzene rings is 1. The van der Waals surface area contributed by atoms with E-state index in [4.69, 9.17) is 9.47 Å². The number of aromatic nitrogens is 1. The van der Waals surface area contributed by atoms with Crippen molar-refractivity contribution in [3.63, 3.8) is 0 Å². The van der Waals surface area contributed by atoms with Crippen LogP contribution in [0, 0.1) is 5.82 Å². The molecular formula is C15H17FN2O2. The highest BCUT2D eigenvalue weighted by Gasteiger charge is 2.21. The predicted molar refractivity (Wildman–Crippen MR) is 74.6 cm³/mol. The van der Waals surface area contributed by atoms with Crippen molar-refractivity contribution in [3.05, 3.63) is 53.6 Å². The third kappa shape index (κ3) is 2.72. The van der Waals surface area contributed by atoms with E-state index < -0.39 is 6.04 Å². The molecule has 1 unspecified atom stereocenters. The first-order valence-corrected chi connectivity index (χ1v) is 6.20. The topological polar surface area (TPSA) is 43.4 Å². The van der Waals surface area contributed by atoms with Gasteiger partial charge in [-0.1, -0.05) is 6.07 Å². The fourth-order valence-electron chi connectivity index (χ4n) is 2.10. The van der Waals surface area contributed by atoms with Gasteiger partial charge < -0.3 is 14.8 Å². The summed E-state index contributed by atoms with van der Waals surface area (Å²) in [6.07, 6.45) is 1.66. The highest BCUT2D eigenvalue weighted by atomic mass is 19.1. The zero-order chi connectivity index (χ0) is 14.5. The molecule has 0 fully saturated rings. The van der Waals surface area contributed by atoms with Gasteiger partial charge in [0.05, 0.1) is 20.3 Å². The lowest BCUT2D eigenvalue weighted by molar-refractivity contribution is 0.399. The van der Waals surface area contributed by atoms with Crippen LogP contribution in [0.2, 0.25) is 0 Å². The van der Waals surface area contributed by atoms with Crippen LogP contribution >= 0.6 is 0 Å². The number of pyridine rings is 1. The molecule has 2 rings (SSSR count). The summed E-state index contributed by atoms with van der Waals surface area (Å²) in [5, 5.41) is 3.06. The van der Waals surface area contributed by atoms with Gasteiger partial charge in [-0.15, -0.1) is 0 Å². The van der Waals surface area contributed by atoms with Gasteiger partial charge in [0.25, 0.3) is 0 Å². The van der Waals surface area contributed by atoms with E-state index in [0.717, 1.165) is 0 Å². The van der Waals surface area contributed by atoms with E-state index in [-0.39, 0.29) is 5.82 Å². The van der Waals surface area contributed by atoms with E-state index in [1.54, 1.807) is 44.6 Å². The summed E-state index contributed by atoms with van der Waals surface area (Å²) in [5.74, 6) is 0.743. The molecule has 0 amide bonds. The first-order chi connectivity index (χ1) is 9.71. The molecule has 1 N–H and O–H groups in total. The Morgan fingerprint density at radius 2 is 2.00 bits per heavy atom. The van der Waals surface area contributed by atoms with Gasteiger partial charge in [-0.05, 0) is 25.2 Å². The molecule has 1 aromatic heterocycles. The summed E-state index contributed by atoms with van der Waals surface area (Å²) in [5.41, 5.74) is 1.13. The molecule has 0 radical (unpaired) electrons. The van der Waals surface area contributed by atoms with Crippen LogP contribution in [-0.2, 0) is 0 Å². The largest absolute Gasteiger partial charge is 0.497 e. The van der Waals surface area contributed by atoms with Crippen LogP contribution in [0.15, 0.2) is 36.5 Å². The third-order valence-corrected chi connectivity index (χ3v) is 3.10. The van der Waals surface area contributed by atoms with E-state index in [0.29, 0.717) is 22.8 Å². The molecular weight excluding hydrogens is 259 g/mol. The Hall–Kier alpha value is -2.14. The molecule has 1 aromatic carbocycles. The van der Waals surface area contributed by atoms with Crippen LogP contribution < -0.4 is 14.8 Å². The van der Waals surface area contributed by atoms with Crippen molar-refractivity contribution in [1.29, 1.82) is 0 Å². The van der Waals surface area contributed by atoms with Crippen LogP contribution in [0.25, 0.3) is 0 Å². The monoisotopic (exact) mass is 276 g/mol. The van der Waals surface area contributed by atoms with Crippen molar-refractivity contribution in [3.8, 4) is 11.5 Å². The molecule has 0 aliphatic carbocycles. The van der Waals surface area contributed by atoms with Crippen molar-refractivity contribution in [2.45, 2.75) is 6.04 Å². The Kier molecular flexibility index (Phi) is 4.53. The molecule has 1 atom stereocenters. The van der Waals surface area contributed by atoms with E-state index in [1.807, 2.05) is 0 Å². The molecule has 106 valence electrons. The second kappa shape index (κ2) is 6.34. The normalized spacial score (nSPS) is 12.0. The van der Waals surface area contributed by atoms with E-state index in [9.17, 15) is 4.39 Å². The van der Waals surface area contributed by atoms with Crippen molar-refractivity contribution in [2.75, 3.05) is 21.3 Å². The second-order valence-corrected chi connectivity index (χ2v) is 4.20. The molecule has 0 spiro atoms. The average molecular weight is 276 g/mol. The molecule has 0 saturated heterocycles. The maximum Gasteiger partial charge on any atom is 0.142 e. The molecule has 0 saturated carbocycles. The van der Waals surface area contributed by atoms with Gasteiger partial charge in [-0.25, -0.2) is 4.39 Å². The lowest BCUT2D eigenvalue weighted by atomic mass is 10.0. The van der Waals surface area contributed by atoms with Gasteiger partial charge >= 0.3 is 0 Å². The number of halogens is 1. The quantitative estimate of drug-likeness (QED) is 0.911. The summed E-state index contributed by atoms with van der Waals surface area (Å²) in [7, 11) is 4.83. The van der Waals surface area contributed by atoms with Gasteiger partial charge in [0.15, 0.2) is 0 Å². The summed E-state index contributed by atoms with van der Waals surface area (Å²) < 4.78 is 24.5. The van der Waals surface area contributed by atoms with E-state index in [2.05, 4.69) is 10.3 Å².